The number of rotatable bonds is 5. The van der Waals surface area contributed by atoms with E-state index in [1.807, 2.05) is 25.1 Å². The molecule has 0 bridgehead atoms. The van der Waals surface area contributed by atoms with E-state index in [2.05, 4.69) is 15.3 Å². The summed E-state index contributed by atoms with van der Waals surface area (Å²) in [6.45, 7) is 3.10. The summed E-state index contributed by atoms with van der Waals surface area (Å²) in [4.78, 5) is 20.4. The Hall–Kier alpha value is -2.47. The summed E-state index contributed by atoms with van der Waals surface area (Å²) in [7, 11) is 0. The van der Waals surface area contributed by atoms with Gasteiger partial charge in [-0.1, -0.05) is 12.1 Å². The van der Waals surface area contributed by atoms with Crippen LogP contribution in [0.3, 0.4) is 0 Å². The molecule has 6 heteroatoms. The van der Waals surface area contributed by atoms with Crippen LogP contribution in [0.4, 0.5) is 5.69 Å². The maximum atomic E-state index is 12.2. The first kappa shape index (κ1) is 15.4. The molecule has 2 heterocycles. The fourth-order valence-electron chi connectivity index (χ4n) is 2.35. The maximum Gasteiger partial charge on any atom is 0.275 e. The van der Waals surface area contributed by atoms with Gasteiger partial charge >= 0.3 is 0 Å². The normalized spacial score (nSPS) is 17.0. The van der Waals surface area contributed by atoms with Crippen molar-refractivity contribution in [2.24, 2.45) is 0 Å². The van der Waals surface area contributed by atoms with Crippen LogP contribution in [0.25, 0.3) is 0 Å². The zero-order valence-electron chi connectivity index (χ0n) is 13.0. The van der Waals surface area contributed by atoms with Gasteiger partial charge in [0, 0.05) is 12.8 Å². The third-order valence-corrected chi connectivity index (χ3v) is 3.60. The number of amides is 1. The molecule has 3 rings (SSSR count). The number of hydrogen-bond acceptors (Lipinski definition) is 5. The van der Waals surface area contributed by atoms with Gasteiger partial charge in [0.05, 0.1) is 23.7 Å². The molecule has 6 nitrogen and oxygen atoms in total. The van der Waals surface area contributed by atoms with E-state index >= 15 is 0 Å². The van der Waals surface area contributed by atoms with Crippen molar-refractivity contribution in [2.45, 2.75) is 25.9 Å². The zero-order valence-corrected chi connectivity index (χ0v) is 13.0. The fraction of sp³-hybridized carbons (Fsp3) is 0.353. The number of nitrogens with zero attached hydrogens (tertiary/aromatic N) is 2. The molecule has 1 aliphatic heterocycles. The lowest BCUT2D eigenvalue weighted by atomic mass is 10.2. The minimum atomic E-state index is -0.314. The summed E-state index contributed by atoms with van der Waals surface area (Å²) in [6, 6.07) is 7.33. The molecule has 1 atom stereocenters. The SMILES string of the molecule is Cc1cnc(C(=O)Nc2ccccc2OC[C@H]2CCCO2)cn1. The van der Waals surface area contributed by atoms with Gasteiger partial charge in [-0.3, -0.25) is 9.78 Å². The molecule has 23 heavy (non-hydrogen) atoms. The van der Waals surface area contributed by atoms with E-state index in [0.29, 0.717) is 18.0 Å². The van der Waals surface area contributed by atoms with E-state index in [1.165, 1.54) is 6.20 Å². The van der Waals surface area contributed by atoms with E-state index < -0.39 is 0 Å². The Morgan fingerprint density at radius 3 is 2.96 bits per heavy atom. The topological polar surface area (TPSA) is 73.3 Å². The quantitative estimate of drug-likeness (QED) is 0.918. The van der Waals surface area contributed by atoms with Crippen LogP contribution in [0.2, 0.25) is 0 Å². The first-order valence-electron chi connectivity index (χ1n) is 7.66. The lowest BCUT2D eigenvalue weighted by Gasteiger charge is -2.15. The van der Waals surface area contributed by atoms with E-state index in [1.54, 1.807) is 12.3 Å². The standard InChI is InChI=1S/C17H19N3O3/c1-12-9-19-15(10-18-12)17(21)20-14-6-2-3-7-16(14)23-11-13-5-4-8-22-13/h2-3,6-7,9-10,13H,4-5,8,11H2,1H3,(H,20,21)/t13-/m1/s1. The molecular weight excluding hydrogens is 294 g/mol. The molecule has 0 radical (unpaired) electrons. The lowest BCUT2D eigenvalue weighted by Crippen LogP contribution is -2.18. The summed E-state index contributed by atoms with van der Waals surface area (Å²) >= 11 is 0. The van der Waals surface area contributed by atoms with Crippen LogP contribution in [0.5, 0.6) is 5.75 Å². The number of aryl methyl sites for hydroxylation is 1. The van der Waals surface area contributed by atoms with Gasteiger partial charge in [0.2, 0.25) is 0 Å². The van der Waals surface area contributed by atoms with Crippen molar-refractivity contribution in [1.29, 1.82) is 0 Å². The first-order valence-corrected chi connectivity index (χ1v) is 7.66. The van der Waals surface area contributed by atoms with Crippen molar-refractivity contribution in [2.75, 3.05) is 18.5 Å². The second-order valence-electron chi connectivity index (χ2n) is 5.44. The molecule has 0 saturated carbocycles. The van der Waals surface area contributed by atoms with Gasteiger partial charge < -0.3 is 14.8 Å². The number of benzene rings is 1. The highest BCUT2D eigenvalue weighted by Crippen LogP contribution is 2.25. The predicted octanol–water partition coefficient (Wildman–Crippen LogP) is 2.60. The minimum Gasteiger partial charge on any atom is -0.489 e. The number of hydrogen-bond donors (Lipinski definition) is 1. The summed E-state index contributed by atoms with van der Waals surface area (Å²) in [5, 5.41) is 2.81. The highest BCUT2D eigenvalue weighted by molar-refractivity contribution is 6.03. The molecule has 0 aliphatic carbocycles. The molecule has 1 saturated heterocycles. The zero-order chi connectivity index (χ0) is 16.1. The number of ether oxygens (including phenoxy) is 2. The van der Waals surface area contributed by atoms with E-state index in [4.69, 9.17) is 9.47 Å². The highest BCUT2D eigenvalue weighted by atomic mass is 16.5. The smallest absolute Gasteiger partial charge is 0.275 e. The Balaban J connectivity index is 1.67. The molecule has 120 valence electrons. The number of carbonyl (C=O) groups excluding carboxylic acids is 1. The predicted molar refractivity (Wildman–Crippen MR) is 85.6 cm³/mol. The van der Waals surface area contributed by atoms with Crippen LogP contribution in [-0.2, 0) is 4.74 Å². The first-order chi connectivity index (χ1) is 11.2. The Labute approximate surface area is 134 Å². The van der Waals surface area contributed by atoms with Crippen molar-refractivity contribution in [3.05, 3.63) is 48.0 Å². The van der Waals surface area contributed by atoms with Crippen LogP contribution < -0.4 is 10.1 Å². The minimum absolute atomic E-state index is 0.127. The molecular formula is C17H19N3O3. The molecule has 1 aliphatic rings. The third kappa shape index (κ3) is 4.04. The van der Waals surface area contributed by atoms with Crippen molar-refractivity contribution >= 4 is 11.6 Å². The van der Waals surface area contributed by atoms with Crippen molar-refractivity contribution in [1.82, 2.24) is 9.97 Å². The van der Waals surface area contributed by atoms with Gasteiger partial charge in [0.1, 0.15) is 18.1 Å². The fourth-order valence-corrected chi connectivity index (χ4v) is 2.35. The van der Waals surface area contributed by atoms with Gasteiger partial charge in [0.25, 0.3) is 5.91 Å². The van der Waals surface area contributed by atoms with Gasteiger partial charge in [-0.15, -0.1) is 0 Å². The summed E-state index contributed by atoms with van der Waals surface area (Å²) in [6.07, 6.45) is 5.23. The number of nitrogens with one attached hydrogen (secondary N) is 1. The van der Waals surface area contributed by atoms with Gasteiger partial charge in [-0.2, -0.15) is 0 Å². The van der Waals surface area contributed by atoms with Crippen LogP contribution in [-0.4, -0.2) is 35.2 Å². The average molecular weight is 313 g/mol. The number of aromatic nitrogens is 2. The second-order valence-corrected chi connectivity index (χ2v) is 5.44. The Kier molecular flexibility index (Phi) is 4.83. The van der Waals surface area contributed by atoms with Gasteiger partial charge in [-0.25, -0.2) is 4.98 Å². The molecule has 1 fully saturated rings. The van der Waals surface area contributed by atoms with E-state index in [9.17, 15) is 4.79 Å². The molecule has 1 aromatic carbocycles. The van der Waals surface area contributed by atoms with E-state index in [-0.39, 0.29) is 17.7 Å². The molecule has 2 aromatic rings. The molecule has 1 amide bonds. The molecule has 0 spiro atoms. The van der Waals surface area contributed by atoms with E-state index in [0.717, 1.165) is 25.1 Å². The summed E-state index contributed by atoms with van der Waals surface area (Å²) in [5.41, 5.74) is 1.64. The largest absolute Gasteiger partial charge is 0.489 e. The molecule has 1 aromatic heterocycles. The van der Waals surface area contributed by atoms with Crippen LogP contribution in [0.1, 0.15) is 29.0 Å². The maximum absolute atomic E-state index is 12.2. The Morgan fingerprint density at radius 1 is 1.35 bits per heavy atom. The van der Waals surface area contributed by atoms with Crippen molar-refractivity contribution in [3.8, 4) is 5.75 Å². The monoisotopic (exact) mass is 313 g/mol. The third-order valence-electron chi connectivity index (χ3n) is 3.60. The van der Waals surface area contributed by atoms with Crippen molar-refractivity contribution < 1.29 is 14.3 Å². The van der Waals surface area contributed by atoms with Crippen LogP contribution in [0, 0.1) is 6.92 Å². The molecule has 1 N–H and O–H groups in total. The lowest BCUT2D eigenvalue weighted by molar-refractivity contribution is 0.0682. The van der Waals surface area contributed by atoms with Crippen molar-refractivity contribution in [3.63, 3.8) is 0 Å². The highest BCUT2D eigenvalue weighted by Gasteiger charge is 2.17. The Morgan fingerprint density at radius 2 is 2.22 bits per heavy atom. The number of anilines is 1. The van der Waals surface area contributed by atoms with Crippen LogP contribution >= 0.6 is 0 Å². The average Bonchev–Trinajstić information content (AvgIpc) is 3.08. The number of carbonyl (C=O) groups is 1. The van der Waals surface area contributed by atoms with Gasteiger partial charge in [0.15, 0.2) is 0 Å². The molecule has 0 unspecified atom stereocenters. The van der Waals surface area contributed by atoms with Gasteiger partial charge in [-0.05, 0) is 31.9 Å². The summed E-state index contributed by atoms with van der Waals surface area (Å²) < 4.78 is 11.3. The second kappa shape index (κ2) is 7.19. The van der Waals surface area contributed by atoms with Crippen LogP contribution in [0.15, 0.2) is 36.7 Å². The Bertz CT molecular complexity index is 667. The number of para-hydroxylation sites is 2. The summed E-state index contributed by atoms with van der Waals surface area (Å²) in [5.74, 6) is 0.307.